The van der Waals surface area contributed by atoms with Crippen LogP contribution in [-0.4, -0.2) is 47.9 Å². The van der Waals surface area contributed by atoms with Crippen molar-refractivity contribution in [2.75, 3.05) is 20.1 Å². The van der Waals surface area contributed by atoms with Crippen molar-refractivity contribution < 1.29 is 4.79 Å². The van der Waals surface area contributed by atoms with Crippen LogP contribution in [0, 0.1) is 0 Å². The fourth-order valence-corrected chi connectivity index (χ4v) is 4.69. The quantitative estimate of drug-likeness (QED) is 0.834. The second-order valence-electron chi connectivity index (χ2n) is 6.42. The highest BCUT2D eigenvalue weighted by Crippen LogP contribution is 2.29. The monoisotopic (exact) mass is 306 g/mol. The van der Waals surface area contributed by atoms with E-state index in [0.717, 1.165) is 19.4 Å². The topological polar surface area (TPSA) is 23.6 Å². The SMILES string of the molecule is CN1CCC[C@@H]1[C@@H]1CCCN1C(=O)CCCc1cccs1. The van der Waals surface area contributed by atoms with Gasteiger partial charge in [0.1, 0.15) is 0 Å². The molecule has 2 fully saturated rings. The summed E-state index contributed by atoms with van der Waals surface area (Å²) in [5.74, 6) is 0.384. The number of hydrogen-bond acceptors (Lipinski definition) is 3. The molecule has 3 heterocycles. The van der Waals surface area contributed by atoms with E-state index >= 15 is 0 Å². The van der Waals surface area contributed by atoms with Crippen molar-refractivity contribution in [2.45, 2.75) is 57.0 Å². The van der Waals surface area contributed by atoms with Gasteiger partial charge >= 0.3 is 0 Å². The standard InChI is InChI=1S/C17H26N2OS/c1-18-11-3-8-15(18)16-9-4-12-19(16)17(20)10-2-6-14-7-5-13-21-14/h5,7,13,15-16H,2-4,6,8-12H2,1H3/t15-,16+/m1/s1. The van der Waals surface area contributed by atoms with Crippen LogP contribution in [0.5, 0.6) is 0 Å². The van der Waals surface area contributed by atoms with Crippen LogP contribution < -0.4 is 0 Å². The first-order valence-corrected chi connectivity index (χ1v) is 9.16. The molecule has 0 N–H and O–H groups in total. The number of carbonyl (C=O) groups is 1. The second-order valence-corrected chi connectivity index (χ2v) is 7.45. The van der Waals surface area contributed by atoms with E-state index in [2.05, 4.69) is 34.4 Å². The number of thiophene rings is 1. The van der Waals surface area contributed by atoms with Crippen LogP contribution >= 0.6 is 11.3 Å². The van der Waals surface area contributed by atoms with Crippen molar-refractivity contribution in [3.05, 3.63) is 22.4 Å². The van der Waals surface area contributed by atoms with Crippen LogP contribution in [0.15, 0.2) is 17.5 Å². The van der Waals surface area contributed by atoms with Crippen molar-refractivity contribution in [3.63, 3.8) is 0 Å². The van der Waals surface area contributed by atoms with Gasteiger partial charge in [-0.1, -0.05) is 6.07 Å². The highest BCUT2D eigenvalue weighted by molar-refractivity contribution is 7.09. The summed E-state index contributed by atoms with van der Waals surface area (Å²) in [6, 6.07) is 5.34. The molecule has 1 aromatic rings. The van der Waals surface area contributed by atoms with Gasteiger partial charge in [0.15, 0.2) is 0 Å². The van der Waals surface area contributed by atoms with Crippen LogP contribution in [0.1, 0.15) is 43.4 Å². The first-order valence-electron chi connectivity index (χ1n) is 8.28. The number of nitrogens with zero attached hydrogens (tertiary/aromatic N) is 2. The number of hydrogen-bond donors (Lipinski definition) is 0. The van der Waals surface area contributed by atoms with Gasteiger partial charge in [0.2, 0.25) is 5.91 Å². The molecule has 0 radical (unpaired) electrons. The van der Waals surface area contributed by atoms with Gasteiger partial charge in [0.25, 0.3) is 0 Å². The zero-order valence-corrected chi connectivity index (χ0v) is 13.8. The van der Waals surface area contributed by atoms with Gasteiger partial charge in [-0.05, 0) is 63.6 Å². The zero-order chi connectivity index (χ0) is 14.7. The Kier molecular flexibility index (Phi) is 4.96. The maximum Gasteiger partial charge on any atom is 0.222 e. The van der Waals surface area contributed by atoms with Gasteiger partial charge in [0.05, 0.1) is 0 Å². The lowest BCUT2D eigenvalue weighted by Gasteiger charge is -2.33. The highest BCUT2D eigenvalue weighted by Gasteiger charge is 2.37. The van der Waals surface area contributed by atoms with E-state index in [1.54, 1.807) is 11.3 Å². The average Bonchev–Trinajstić information content (AvgIpc) is 3.18. The van der Waals surface area contributed by atoms with Crippen LogP contribution in [0.4, 0.5) is 0 Å². The van der Waals surface area contributed by atoms with E-state index in [0.29, 0.717) is 24.4 Å². The maximum atomic E-state index is 12.6. The van der Waals surface area contributed by atoms with E-state index in [9.17, 15) is 4.79 Å². The van der Waals surface area contributed by atoms with Gasteiger partial charge in [-0.3, -0.25) is 4.79 Å². The summed E-state index contributed by atoms with van der Waals surface area (Å²) in [7, 11) is 2.22. The van der Waals surface area contributed by atoms with Crippen molar-refractivity contribution in [3.8, 4) is 0 Å². The molecule has 2 atom stereocenters. The number of carbonyl (C=O) groups excluding carboxylic acids is 1. The van der Waals surface area contributed by atoms with Gasteiger partial charge < -0.3 is 9.80 Å². The molecule has 4 heteroatoms. The molecule has 116 valence electrons. The molecule has 0 spiro atoms. The maximum absolute atomic E-state index is 12.6. The average molecular weight is 306 g/mol. The minimum absolute atomic E-state index is 0.384. The summed E-state index contributed by atoms with van der Waals surface area (Å²) in [6.45, 7) is 2.18. The van der Waals surface area contributed by atoms with Crippen LogP contribution in [0.2, 0.25) is 0 Å². The van der Waals surface area contributed by atoms with Crippen molar-refractivity contribution in [1.29, 1.82) is 0 Å². The first-order chi connectivity index (χ1) is 10.3. The lowest BCUT2D eigenvalue weighted by atomic mass is 10.0. The number of rotatable bonds is 5. The Morgan fingerprint density at radius 1 is 1.29 bits per heavy atom. The second kappa shape index (κ2) is 6.93. The molecule has 3 rings (SSSR count). The molecular formula is C17H26N2OS. The molecule has 2 aliphatic rings. The van der Waals surface area contributed by atoms with Crippen molar-refractivity contribution in [1.82, 2.24) is 9.80 Å². The molecule has 0 aromatic carbocycles. The number of amides is 1. The van der Waals surface area contributed by atoms with E-state index in [4.69, 9.17) is 0 Å². The molecule has 0 saturated carbocycles. The van der Waals surface area contributed by atoms with Crippen LogP contribution in [0.25, 0.3) is 0 Å². The fourth-order valence-electron chi connectivity index (χ4n) is 3.94. The minimum Gasteiger partial charge on any atom is -0.338 e. The number of likely N-dealkylation sites (tertiary alicyclic amines) is 2. The molecular weight excluding hydrogens is 280 g/mol. The fraction of sp³-hybridized carbons (Fsp3) is 0.706. The predicted octanol–water partition coefficient (Wildman–Crippen LogP) is 3.16. The molecule has 1 amide bonds. The van der Waals surface area contributed by atoms with Crippen LogP contribution in [0.3, 0.4) is 0 Å². The summed E-state index contributed by atoms with van der Waals surface area (Å²) in [4.78, 5) is 18.6. The summed E-state index contributed by atoms with van der Waals surface area (Å²) < 4.78 is 0. The Morgan fingerprint density at radius 3 is 2.81 bits per heavy atom. The molecule has 0 bridgehead atoms. The Labute approximate surface area is 131 Å². The first kappa shape index (κ1) is 15.0. The summed E-state index contributed by atoms with van der Waals surface area (Å²) >= 11 is 1.80. The van der Waals surface area contributed by atoms with Crippen molar-refractivity contribution >= 4 is 17.2 Å². The third-order valence-electron chi connectivity index (χ3n) is 5.03. The third-order valence-corrected chi connectivity index (χ3v) is 5.97. The Bertz CT molecular complexity index is 459. The Hall–Kier alpha value is -0.870. The largest absolute Gasteiger partial charge is 0.338 e. The molecule has 21 heavy (non-hydrogen) atoms. The Morgan fingerprint density at radius 2 is 2.10 bits per heavy atom. The smallest absolute Gasteiger partial charge is 0.222 e. The lowest BCUT2D eigenvalue weighted by molar-refractivity contribution is -0.133. The van der Waals surface area contributed by atoms with E-state index in [1.165, 1.54) is 37.1 Å². The molecule has 3 nitrogen and oxygen atoms in total. The number of likely N-dealkylation sites (N-methyl/N-ethyl adjacent to an activating group) is 1. The van der Waals surface area contributed by atoms with Gasteiger partial charge in [-0.25, -0.2) is 0 Å². The van der Waals surface area contributed by atoms with Crippen molar-refractivity contribution in [2.24, 2.45) is 0 Å². The molecule has 0 unspecified atom stereocenters. The Balaban J connectivity index is 1.51. The predicted molar refractivity (Wildman–Crippen MR) is 87.6 cm³/mol. The molecule has 1 aromatic heterocycles. The third kappa shape index (κ3) is 3.49. The highest BCUT2D eigenvalue weighted by atomic mass is 32.1. The molecule has 2 saturated heterocycles. The summed E-state index contributed by atoms with van der Waals surface area (Å²) in [5, 5.41) is 2.11. The molecule has 0 aliphatic carbocycles. The van der Waals surface area contributed by atoms with E-state index < -0.39 is 0 Å². The van der Waals surface area contributed by atoms with Gasteiger partial charge in [-0.15, -0.1) is 11.3 Å². The van der Waals surface area contributed by atoms with Gasteiger partial charge in [-0.2, -0.15) is 0 Å². The van der Waals surface area contributed by atoms with E-state index in [1.807, 2.05) is 0 Å². The van der Waals surface area contributed by atoms with Gasteiger partial charge in [0, 0.05) is 29.9 Å². The number of aryl methyl sites for hydroxylation is 1. The summed E-state index contributed by atoms with van der Waals surface area (Å²) in [6.07, 6.45) is 7.69. The zero-order valence-electron chi connectivity index (χ0n) is 13.0. The minimum atomic E-state index is 0.384. The van der Waals surface area contributed by atoms with Crippen LogP contribution in [-0.2, 0) is 11.2 Å². The molecule has 2 aliphatic heterocycles. The normalized spacial score (nSPS) is 26.6. The summed E-state index contributed by atoms with van der Waals surface area (Å²) in [5.41, 5.74) is 0. The lowest BCUT2D eigenvalue weighted by Crippen LogP contribution is -2.47. The van der Waals surface area contributed by atoms with E-state index in [-0.39, 0.29) is 0 Å².